The summed E-state index contributed by atoms with van der Waals surface area (Å²) in [7, 11) is 0. The van der Waals surface area contributed by atoms with E-state index in [0.717, 1.165) is 5.75 Å². The molecule has 0 aliphatic rings. The molecule has 3 nitrogen and oxygen atoms in total. The molecule has 92 valence electrons. The second kappa shape index (κ2) is 7.52. The van der Waals surface area contributed by atoms with Crippen molar-refractivity contribution < 1.29 is 4.79 Å². The molecular weight excluding hydrogens is 220 g/mol. The number of rotatable bonds is 8. The van der Waals surface area contributed by atoms with Gasteiger partial charge < -0.3 is 10.6 Å². The van der Waals surface area contributed by atoms with Gasteiger partial charge in [0.2, 0.25) is 5.91 Å². The fraction of sp³-hybridized carbons (Fsp3) is 0.583. The van der Waals surface area contributed by atoms with E-state index in [9.17, 15) is 4.79 Å². The molecule has 2 N–H and O–H groups in total. The highest BCUT2D eigenvalue weighted by atomic mass is 32.2. The van der Waals surface area contributed by atoms with E-state index in [-0.39, 0.29) is 11.4 Å². The molecule has 16 heavy (non-hydrogen) atoms. The van der Waals surface area contributed by atoms with E-state index in [4.69, 9.17) is 5.73 Å². The van der Waals surface area contributed by atoms with Crippen LogP contribution in [0.4, 0.5) is 0 Å². The maximum absolute atomic E-state index is 11.8. The van der Waals surface area contributed by atoms with Crippen molar-refractivity contribution in [1.29, 1.82) is 0 Å². The Labute approximate surface area is 103 Å². The SMILES string of the molecule is C=CCN(CC=C)C(=O)CSCC(C)(C)N. The zero-order valence-electron chi connectivity index (χ0n) is 10.2. The Morgan fingerprint density at radius 1 is 1.38 bits per heavy atom. The van der Waals surface area contributed by atoms with Crippen LogP contribution in [0, 0.1) is 0 Å². The Hall–Kier alpha value is -0.740. The molecule has 0 aromatic heterocycles. The van der Waals surface area contributed by atoms with E-state index in [2.05, 4.69) is 13.2 Å². The van der Waals surface area contributed by atoms with Crippen LogP contribution in [0.2, 0.25) is 0 Å². The van der Waals surface area contributed by atoms with Crippen molar-refractivity contribution in [2.75, 3.05) is 24.6 Å². The van der Waals surface area contributed by atoms with Crippen molar-refractivity contribution in [3.63, 3.8) is 0 Å². The van der Waals surface area contributed by atoms with Gasteiger partial charge in [-0.15, -0.1) is 13.2 Å². The monoisotopic (exact) mass is 242 g/mol. The lowest BCUT2D eigenvalue weighted by molar-refractivity contribution is -0.127. The minimum absolute atomic E-state index is 0.106. The normalized spacial score (nSPS) is 10.9. The number of amides is 1. The van der Waals surface area contributed by atoms with Gasteiger partial charge in [0.25, 0.3) is 0 Å². The molecule has 0 aliphatic carbocycles. The number of hydrogen-bond acceptors (Lipinski definition) is 3. The van der Waals surface area contributed by atoms with Crippen molar-refractivity contribution in [3.05, 3.63) is 25.3 Å². The van der Waals surface area contributed by atoms with Crippen LogP contribution < -0.4 is 5.73 Å². The van der Waals surface area contributed by atoms with Gasteiger partial charge in [0.15, 0.2) is 0 Å². The number of carbonyl (C=O) groups is 1. The summed E-state index contributed by atoms with van der Waals surface area (Å²) in [6.07, 6.45) is 3.44. The molecule has 0 aliphatic heterocycles. The van der Waals surface area contributed by atoms with Crippen molar-refractivity contribution in [1.82, 2.24) is 4.90 Å². The van der Waals surface area contributed by atoms with Gasteiger partial charge in [0.1, 0.15) is 0 Å². The lowest BCUT2D eigenvalue weighted by Crippen LogP contribution is -2.37. The molecule has 0 radical (unpaired) electrons. The summed E-state index contributed by atoms with van der Waals surface area (Å²) in [6.45, 7) is 12.3. The third kappa shape index (κ3) is 7.54. The number of nitrogens with two attached hydrogens (primary N) is 1. The van der Waals surface area contributed by atoms with E-state index in [1.165, 1.54) is 0 Å². The molecule has 0 bridgehead atoms. The van der Waals surface area contributed by atoms with Gasteiger partial charge in [-0.1, -0.05) is 12.2 Å². The molecule has 0 aromatic carbocycles. The Bertz CT molecular complexity index is 236. The quantitative estimate of drug-likeness (QED) is 0.658. The lowest BCUT2D eigenvalue weighted by Gasteiger charge is -2.21. The average Bonchev–Trinajstić information content (AvgIpc) is 2.15. The summed E-state index contributed by atoms with van der Waals surface area (Å²) in [4.78, 5) is 13.5. The fourth-order valence-electron chi connectivity index (χ4n) is 1.08. The lowest BCUT2D eigenvalue weighted by atomic mass is 10.1. The first kappa shape index (κ1) is 15.3. The molecular formula is C12H22N2OS. The van der Waals surface area contributed by atoms with E-state index in [1.807, 2.05) is 13.8 Å². The third-order valence-electron chi connectivity index (χ3n) is 1.75. The fourth-order valence-corrected chi connectivity index (χ4v) is 2.07. The highest BCUT2D eigenvalue weighted by molar-refractivity contribution is 8.00. The third-order valence-corrected chi connectivity index (χ3v) is 3.15. The van der Waals surface area contributed by atoms with E-state index >= 15 is 0 Å². The molecule has 4 heteroatoms. The standard InChI is InChI=1S/C12H22N2OS/c1-5-7-14(8-6-2)11(15)9-16-10-12(3,4)13/h5-6H,1-2,7-10,13H2,3-4H3. The van der Waals surface area contributed by atoms with Crippen LogP contribution in [0.15, 0.2) is 25.3 Å². The molecule has 0 saturated carbocycles. The first-order valence-corrected chi connectivity index (χ1v) is 6.42. The van der Waals surface area contributed by atoms with Crippen LogP contribution in [-0.2, 0) is 4.79 Å². The first-order chi connectivity index (χ1) is 7.40. The van der Waals surface area contributed by atoms with Gasteiger partial charge in [-0.2, -0.15) is 11.8 Å². The van der Waals surface area contributed by atoms with Gasteiger partial charge in [-0.05, 0) is 13.8 Å². The largest absolute Gasteiger partial charge is 0.335 e. The zero-order chi connectivity index (χ0) is 12.6. The van der Waals surface area contributed by atoms with Crippen LogP contribution in [0.1, 0.15) is 13.8 Å². The van der Waals surface area contributed by atoms with Crippen molar-refractivity contribution in [3.8, 4) is 0 Å². The number of carbonyl (C=O) groups excluding carboxylic acids is 1. The molecule has 0 heterocycles. The zero-order valence-corrected chi connectivity index (χ0v) is 11.1. The summed E-state index contributed by atoms with van der Waals surface area (Å²) < 4.78 is 0. The molecule has 0 atom stereocenters. The molecule has 0 rings (SSSR count). The summed E-state index contributed by atoms with van der Waals surface area (Å²) in [6, 6.07) is 0. The van der Waals surface area contributed by atoms with Gasteiger partial charge in [-0.3, -0.25) is 4.79 Å². The second-order valence-corrected chi connectivity index (χ2v) is 5.34. The van der Waals surface area contributed by atoms with Crippen LogP contribution in [0.25, 0.3) is 0 Å². The number of hydrogen-bond donors (Lipinski definition) is 1. The first-order valence-electron chi connectivity index (χ1n) is 5.27. The predicted molar refractivity (Wildman–Crippen MR) is 72.6 cm³/mol. The average molecular weight is 242 g/mol. The molecule has 1 amide bonds. The molecule has 0 spiro atoms. The summed E-state index contributed by atoms with van der Waals surface area (Å²) in [5.74, 6) is 1.34. The smallest absolute Gasteiger partial charge is 0.233 e. The van der Waals surface area contributed by atoms with Gasteiger partial charge in [0.05, 0.1) is 5.75 Å². The number of thioether (sulfide) groups is 1. The Kier molecular flexibility index (Phi) is 7.17. The van der Waals surface area contributed by atoms with Crippen LogP contribution in [-0.4, -0.2) is 40.9 Å². The minimum atomic E-state index is -0.230. The topological polar surface area (TPSA) is 46.3 Å². The Morgan fingerprint density at radius 2 is 1.88 bits per heavy atom. The van der Waals surface area contributed by atoms with Gasteiger partial charge in [-0.25, -0.2) is 0 Å². The molecule has 0 saturated heterocycles. The highest BCUT2D eigenvalue weighted by Crippen LogP contribution is 2.10. The van der Waals surface area contributed by atoms with Crippen molar-refractivity contribution in [2.45, 2.75) is 19.4 Å². The minimum Gasteiger partial charge on any atom is -0.335 e. The van der Waals surface area contributed by atoms with Crippen molar-refractivity contribution >= 4 is 17.7 Å². The Morgan fingerprint density at radius 3 is 2.25 bits per heavy atom. The van der Waals surface area contributed by atoms with Crippen LogP contribution in [0.3, 0.4) is 0 Å². The van der Waals surface area contributed by atoms with Gasteiger partial charge >= 0.3 is 0 Å². The van der Waals surface area contributed by atoms with Crippen LogP contribution >= 0.6 is 11.8 Å². The molecule has 0 unspecified atom stereocenters. The maximum atomic E-state index is 11.8. The van der Waals surface area contributed by atoms with E-state index in [1.54, 1.807) is 28.8 Å². The highest BCUT2D eigenvalue weighted by Gasteiger charge is 2.14. The van der Waals surface area contributed by atoms with Crippen LogP contribution in [0.5, 0.6) is 0 Å². The second-order valence-electron chi connectivity index (χ2n) is 4.36. The summed E-state index contributed by atoms with van der Waals surface area (Å²) in [5.41, 5.74) is 5.61. The Balaban J connectivity index is 4.00. The predicted octanol–water partition coefficient (Wildman–Crippen LogP) is 1.66. The summed E-state index contributed by atoms with van der Waals surface area (Å²) in [5, 5.41) is 0. The van der Waals surface area contributed by atoms with E-state index < -0.39 is 0 Å². The van der Waals surface area contributed by atoms with Gasteiger partial charge in [0, 0.05) is 24.4 Å². The number of nitrogens with zero attached hydrogens (tertiary/aromatic N) is 1. The molecule has 0 fully saturated rings. The summed E-state index contributed by atoms with van der Waals surface area (Å²) >= 11 is 1.56. The van der Waals surface area contributed by atoms with Crippen molar-refractivity contribution in [2.24, 2.45) is 5.73 Å². The maximum Gasteiger partial charge on any atom is 0.233 e. The molecule has 0 aromatic rings. The van der Waals surface area contributed by atoms with E-state index in [0.29, 0.717) is 18.8 Å².